The second kappa shape index (κ2) is 11.2. The maximum atomic E-state index is 13.4. The fraction of sp³-hybridized carbons (Fsp3) is 0.308. The maximum Gasteiger partial charge on any atom is 0.247 e. The number of benzene rings is 2. The van der Waals surface area contributed by atoms with Crippen LogP contribution in [0, 0.1) is 13.8 Å². The predicted molar refractivity (Wildman–Crippen MR) is 134 cm³/mol. The highest BCUT2D eigenvalue weighted by Crippen LogP contribution is 2.34. The number of nitrogens with zero attached hydrogens (tertiary/aromatic N) is 3. The van der Waals surface area contributed by atoms with Gasteiger partial charge in [-0.1, -0.05) is 49.0 Å². The number of thioether (sulfide) groups is 1. The lowest BCUT2D eigenvalue weighted by Crippen LogP contribution is -2.47. The topological polar surface area (TPSA) is 93.7 Å². The van der Waals surface area contributed by atoms with Crippen molar-refractivity contribution in [1.29, 1.82) is 0 Å². The first-order valence-electron chi connectivity index (χ1n) is 11.4. The van der Waals surface area contributed by atoms with E-state index < -0.39 is 6.04 Å². The van der Waals surface area contributed by atoms with Gasteiger partial charge in [0.05, 0.1) is 5.75 Å². The Morgan fingerprint density at radius 2 is 1.74 bits per heavy atom. The molecule has 35 heavy (non-hydrogen) atoms. The number of ether oxygens (including phenoxy) is 2. The number of aromatic nitrogens is 2. The molecular formula is C26H28N4O4S. The lowest BCUT2D eigenvalue weighted by molar-refractivity contribution is -0.137. The van der Waals surface area contributed by atoms with Gasteiger partial charge >= 0.3 is 0 Å². The third-order valence-electron chi connectivity index (χ3n) is 5.51. The number of hydrogen-bond acceptors (Lipinski definition) is 7. The summed E-state index contributed by atoms with van der Waals surface area (Å²) >= 11 is 1.28. The molecule has 1 N–H and O–H groups in total. The molecule has 2 amide bonds. The summed E-state index contributed by atoms with van der Waals surface area (Å²) in [6.07, 6.45) is 0.458. The summed E-state index contributed by atoms with van der Waals surface area (Å²) in [5.74, 6) is 0.931. The van der Waals surface area contributed by atoms with Crippen LogP contribution in [0.5, 0.6) is 11.5 Å². The highest BCUT2D eigenvalue weighted by Gasteiger charge is 2.29. The van der Waals surface area contributed by atoms with E-state index >= 15 is 0 Å². The monoisotopic (exact) mass is 492 g/mol. The summed E-state index contributed by atoms with van der Waals surface area (Å²) < 4.78 is 10.8. The number of carbonyl (C=O) groups excluding carboxylic acids is 2. The normalized spacial score (nSPS) is 12.8. The minimum absolute atomic E-state index is 0.129. The summed E-state index contributed by atoms with van der Waals surface area (Å²) in [5, 5.41) is 3.48. The minimum atomic E-state index is -0.658. The van der Waals surface area contributed by atoms with Crippen LogP contribution < -0.4 is 14.8 Å². The highest BCUT2D eigenvalue weighted by molar-refractivity contribution is 7.99. The molecule has 0 fully saturated rings. The zero-order valence-corrected chi connectivity index (χ0v) is 20.8. The molecule has 0 unspecified atom stereocenters. The molecule has 2 aromatic carbocycles. The number of rotatable bonds is 9. The van der Waals surface area contributed by atoms with Crippen molar-refractivity contribution < 1.29 is 19.1 Å². The molecule has 0 saturated heterocycles. The van der Waals surface area contributed by atoms with Crippen molar-refractivity contribution in [2.75, 3.05) is 17.9 Å². The van der Waals surface area contributed by atoms with E-state index in [1.807, 2.05) is 57.2 Å². The second-order valence-electron chi connectivity index (χ2n) is 8.21. The van der Waals surface area contributed by atoms with Gasteiger partial charge in [0, 0.05) is 29.7 Å². The van der Waals surface area contributed by atoms with Crippen molar-refractivity contribution >= 4 is 29.3 Å². The lowest BCUT2D eigenvalue weighted by Gasteiger charge is -2.30. The molecule has 2 heterocycles. The van der Waals surface area contributed by atoms with Crippen molar-refractivity contribution in [3.8, 4) is 11.5 Å². The van der Waals surface area contributed by atoms with Gasteiger partial charge < -0.3 is 19.7 Å². The molecular weight excluding hydrogens is 464 g/mol. The molecule has 182 valence electrons. The quantitative estimate of drug-likeness (QED) is 0.350. The molecule has 0 bridgehead atoms. The van der Waals surface area contributed by atoms with Crippen LogP contribution in [-0.4, -0.2) is 45.3 Å². The van der Waals surface area contributed by atoms with E-state index in [9.17, 15) is 9.59 Å². The fourth-order valence-electron chi connectivity index (χ4n) is 3.87. The van der Waals surface area contributed by atoms with Crippen LogP contribution in [0.2, 0.25) is 0 Å². The van der Waals surface area contributed by atoms with Gasteiger partial charge in [0.15, 0.2) is 16.7 Å². The average Bonchev–Trinajstić information content (AvgIpc) is 3.30. The van der Waals surface area contributed by atoms with E-state index in [0.29, 0.717) is 35.3 Å². The van der Waals surface area contributed by atoms with Crippen molar-refractivity contribution in [3.63, 3.8) is 0 Å². The number of carbonyl (C=O) groups is 2. The Morgan fingerprint density at radius 3 is 2.46 bits per heavy atom. The molecule has 9 heteroatoms. The SMILES string of the molecule is CC[C@@H](C(=O)Nc1ccc2c(c1)OCO2)N(Cc1ccccc1)C(=O)CSc1nc(C)cc(C)n1. The van der Waals surface area contributed by atoms with Crippen molar-refractivity contribution in [2.24, 2.45) is 0 Å². The molecule has 1 atom stereocenters. The molecule has 0 spiro atoms. The molecule has 1 aliphatic rings. The van der Waals surface area contributed by atoms with E-state index in [4.69, 9.17) is 9.47 Å². The Morgan fingerprint density at radius 1 is 1.03 bits per heavy atom. The summed E-state index contributed by atoms with van der Waals surface area (Å²) in [4.78, 5) is 37.2. The third-order valence-corrected chi connectivity index (χ3v) is 6.34. The summed E-state index contributed by atoms with van der Waals surface area (Å²) in [6.45, 7) is 6.17. The standard InChI is InChI=1S/C26H28N4O4S/c1-4-21(25(32)29-20-10-11-22-23(13-20)34-16-33-22)30(14-19-8-6-5-7-9-19)24(31)15-35-26-27-17(2)12-18(3)28-26/h5-13,21H,4,14-16H2,1-3H3,(H,29,32)/t21-/m0/s1. The molecule has 0 saturated carbocycles. The van der Waals surface area contributed by atoms with E-state index in [1.165, 1.54) is 11.8 Å². The molecule has 0 aliphatic carbocycles. The number of hydrogen-bond donors (Lipinski definition) is 1. The van der Waals surface area contributed by atoms with Crippen LogP contribution >= 0.6 is 11.8 Å². The van der Waals surface area contributed by atoms with Crippen LogP contribution in [0.15, 0.2) is 59.8 Å². The lowest BCUT2D eigenvalue weighted by atomic mass is 10.1. The highest BCUT2D eigenvalue weighted by atomic mass is 32.2. The first-order valence-corrected chi connectivity index (χ1v) is 12.4. The summed E-state index contributed by atoms with van der Waals surface area (Å²) in [5.41, 5.74) is 3.23. The van der Waals surface area contributed by atoms with Crippen LogP contribution in [0.1, 0.15) is 30.3 Å². The smallest absolute Gasteiger partial charge is 0.247 e. The molecule has 0 radical (unpaired) electrons. The Bertz CT molecular complexity index is 1180. The first-order chi connectivity index (χ1) is 16.9. The zero-order valence-electron chi connectivity index (χ0n) is 20.0. The first kappa shape index (κ1) is 24.5. The van der Waals surface area contributed by atoms with Gasteiger partial charge in [0.25, 0.3) is 0 Å². The van der Waals surface area contributed by atoms with E-state index in [-0.39, 0.29) is 24.4 Å². The number of anilines is 1. The van der Waals surface area contributed by atoms with Crippen molar-refractivity contribution in [1.82, 2.24) is 14.9 Å². The van der Waals surface area contributed by atoms with Gasteiger partial charge in [-0.2, -0.15) is 0 Å². The Hall–Kier alpha value is -3.59. The summed E-state index contributed by atoms with van der Waals surface area (Å²) in [6, 6.07) is 16.1. The Balaban J connectivity index is 1.52. The zero-order chi connectivity index (χ0) is 24.8. The largest absolute Gasteiger partial charge is 0.454 e. The molecule has 4 rings (SSSR count). The molecule has 1 aliphatic heterocycles. The van der Waals surface area contributed by atoms with Gasteiger partial charge in [-0.05, 0) is 44.0 Å². The average molecular weight is 493 g/mol. The van der Waals surface area contributed by atoms with Crippen molar-refractivity contribution in [3.05, 3.63) is 71.5 Å². The van der Waals surface area contributed by atoms with Gasteiger partial charge in [-0.3, -0.25) is 9.59 Å². The third kappa shape index (κ3) is 6.30. The minimum Gasteiger partial charge on any atom is -0.454 e. The van der Waals surface area contributed by atoms with Gasteiger partial charge in [0.2, 0.25) is 18.6 Å². The van der Waals surface area contributed by atoms with Crippen molar-refractivity contribution in [2.45, 2.75) is 44.9 Å². The van der Waals surface area contributed by atoms with Crippen LogP contribution in [0.3, 0.4) is 0 Å². The van der Waals surface area contributed by atoms with Gasteiger partial charge in [-0.25, -0.2) is 9.97 Å². The number of aryl methyl sites for hydroxylation is 2. The number of nitrogens with one attached hydrogen (secondary N) is 1. The van der Waals surface area contributed by atoms with E-state index in [2.05, 4.69) is 15.3 Å². The van der Waals surface area contributed by atoms with E-state index in [0.717, 1.165) is 17.0 Å². The maximum absolute atomic E-state index is 13.4. The summed E-state index contributed by atoms with van der Waals surface area (Å²) in [7, 11) is 0. The van der Waals surface area contributed by atoms with Crippen LogP contribution in [0.25, 0.3) is 0 Å². The van der Waals surface area contributed by atoms with Crippen LogP contribution in [0.4, 0.5) is 5.69 Å². The Kier molecular flexibility index (Phi) is 7.87. The molecule has 1 aromatic heterocycles. The Labute approximate surface area is 209 Å². The van der Waals surface area contributed by atoms with Gasteiger partial charge in [-0.15, -0.1) is 0 Å². The predicted octanol–water partition coefficient (Wildman–Crippen LogP) is 4.36. The number of amides is 2. The number of fused-ring (bicyclic) bond motifs is 1. The molecule has 3 aromatic rings. The van der Waals surface area contributed by atoms with Gasteiger partial charge in [0.1, 0.15) is 6.04 Å². The fourth-order valence-corrected chi connectivity index (χ4v) is 4.70. The van der Waals surface area contributed by atoms with E-state index in [1.54, 1.807) is 23.1 Å². The second-order valence-corrected chi connectivity index (χ2v) is 9.15. The van der Waals surface area contributed by atoms with Crippen LogP contribution in [-0.2, 0) is 16.1 Å². The molecule has 8 nitrogen and oxygen atoms in total.